The van der Waals surface area contributed by atoms with Gasteiger partial charge in [-0.25, -0.2) is 13.4 Å². The monoisotopic (exact) mass is 653 g/mol. The zero-order valence-corrected chi connectivity index (χ0v) is 27.5. The van der Waals surface area contributed by atoms with E-state index in [1.54, 1.807) is 31.2 Å². The minimum absolute atomic E-state index is 0.112. The number of pyridine rings is 1. The maximum absolute atomic E-state index is 14.2. The second-order valence-corrected chi connectivity index (χ2v) is 15.1. The largest absolute Gasteiger partial charge is 0.497 e. The molecule has 0 spiro atoms. The van der Waals surface area contributed by atoms with Gasteiger partial charge in [-0.3, -0.25) is 19.1 Å². The SMILES string of the molecule is CCOc1cc(O[C@@H]2C[C@H]3C(=O)C[C@]4(C(=O)NS(=O)(=O)C5CC5)C[C@@H]4/C=C\CCCCN(C)C(=O)[C@@H]3C2)c2ccc(OC)cc2n1. The van der Waals surface area contributed by atoms with Crippen LogP contribution in [0.25, 0.3) is 10.9 Å². The second-order valence-electron chi connectivity index (χ2n) is 13.2. The van der Waals surface area contributed by atoms with Crippen molar-refractivity contribution in [1.82, 2.24) is 14.6 Å². The lowest BCUT2D eigenvalue weighted by atomic mass is 9.84. The van der Waals surface area contributed by atoms with Gasteiger partial charge >= 0.3 is 0 Å². The number of nitrogens with zero attached hydrogens (tertiary/aromatic N) is 2. The number of rotatable bonds is 8. The lowest BCUT2D eigenvalue weighted by Crippen LogP contribution is -2.42. The molecule has 4 aliphatic rings. The number of fused-ring (bicyclic) bond motifs is 3. The van der Waals surface area contributed by atoms with E-state index in [1.807, 2.05) is 31.2 Å². The van der Waals surface area contributed by atoms with Gasteiger partial charge in [0.15, 0.2) is 0 Å². The Hall–Kier alpha value is -3.67. The number of methoxy groups -OCH3 is 1. The number of sulfonamides is 1. The van der Waals surface area contributed by atoms with E-state index in [4.69, 9.17) is 14.2 Å². The van der Waals surface area contributed by atoms with Gasteiger partial charge in [0.2, 0.25) is 27.7 Å². The molecule has 0 saturated heterocycles. The number of hydrogen-bond donors (Lipinski definition) is 1. The van der Waals surface area contributed by atoms with Gasteiger partial charge in [0.1, 0.15) is 23.4 Å². The van der Waals surface area contributed by atoms with E-state index in [1.165, 1.54) is 0 Å². The molecule has 11 nitrogen and oxygen atoms in total. The van der Waals surface area contributed by atoms with Crippen molar-refractivity contribution >= 4 is 38.5 Å². The number of hydrogen-bond acceptors (Lipinski definition) is 9. The summed E-state index contributed by atoms with van der Waals surface area (Å²) in [5, 5.41) is 0.200. The number of carbonyl (C=O) groups is 3. The fourth-order valence-corrected chi connectivity index (χ4v) is 8.41. The van der Waals surface area contributed by atoms with Crippen molar-refractivity contribution in [2.75, 3.05) is 27.3 Å². The minimum Gasteiger partial charge on any atom is -0.497 e. The van der Waals surface area contributed by atoms with E-state index >= 15 is 0 Å². The smallest absolute Gasteiger partial charge is 0.240 e. The van der Waals surface area contributed by atoms with Crippen LogP contribution in [0.4, 0.5) is 0 Å². The summed E-state index contributed by atoms with van der Waals surface area (Å²) in [6.07, 6.45) is 7.96. The lowest BCUT2D eigenvalue weighted by Gasteiger charge is -2.26. The third-order valence-electron chi connectivity index (χ3n) is 9.92. The molecule has 6 rings (SSSR count). The Morgan fingerprint density at radius 2 is 1.91 bits per heavy atom. The van der Waals surface area contributed by atoms with Gasteiger partial charge in [-0.2, -0.15) is 0 Å². The van der Waals surface area contributed by atoms with Gasteiger partial charge in [0.25, 0.3) is 0 Å². The van der Waals surface area contributed by atoms with Gasteiger partial charge in [-0.1, -0.05) is 12.2 Å². The molecule has 0 bridgehead atoms. The summed E-state index contributed by atoms with van der Waals surface area (Å²) < 4.78 is 45.4. The summed E-state index contributed by atoms with van der Waals surface area (Å²) in [4.78, 5) is 47.9. The quantitative estimate of drug-likeness (QED) is 0.415. The van der Waals surface area contributed by atoms with Crippen LogP contribution >= 0.6 is 0 Å². The van der Waals surface area contributed by atoms with Gasteiger partial charge in [-0.05, 0) is 76.3 Å². The molecule has 248 valence electrons. The van der Waals surface area contributed by atoms with Gasteiger partial charge in [-0.15, -0.1) is 0 Å². The van der Waals surface area contributed by atoms with Crippen molar-refractivity contribution in [3.8, 4) is 17.4 Å². The molecule has 1 aromatic heterocycles. The van der Waals surface area contributed by atoms with Gasteiger partial charge in [0, 0.05) is 43.5 Å². The molecule has 1 aromatic carbocycles. The van der Waals surface area contributed by atoms with Crippen molar-refractivity contribution in [3.05, 3.63) is 36.4 Å². The highest BCUT2D eigenvalue weighted by atomic mass is 32.2. The van der Waals surface area contributed by atoms with E-state index in [0.717, 1.165) is 24.6 Å². The Kier molecular flexibility index (Phi) is 9.02. The van der Waals surface area contributed by atoms with Crippen molar-refractivity contribution in [3.63, 3.8) is 0 Å². The Balaban J connectivity index is 1.29. The highest BCUT2D eigenvalue weighted by Crippen LogP contribution is 2.58. The molecule has 2 heterocycles. The molecule has 3 aliphatic carbocycles. The molecule has 12 heteroatoms. The molecule has 0 unspecified atom stereocenters. The number of benzene rings is 1. The van der Waals surface area contributed by atoms with Crippen LogP contribution in [0.15, 0.2) is 36.4 Å². The van der Waals surface area contributed by atoms with Crippen LogP contribution in [0, 0.1) is 23.2 Å². The minimum atomic E-state index is -3.77. The molecule has 46 heavy (non-hydrogen) atoms. The average molecular weight is 654 g/mol. The first-order valence-electron chi connectivity index (χ1n) is 16.3. The molecule has 1 aliphatic heterocycles. The van der Waals surface area contributed by atoms with Crippen LogP contribution in [0.1, 0.15) is 64.7 Å². The van der Waals surface area contributed by atoms with Crippen LogP contribution in [0.5, 0.6) is 17.4 Å². The normalized spacial score (nSPS) is 29.3. The fraction of sp³-hybridized carbons (Fsp3) is 0.588. The number of amides is 2. The highest BCUT2D eigenvalue weighted by molar-refractivity contribution is 7.90. The number of aromatic nitrogens is 1. The van der Waals surface area contributed by atoms with Gasteiger partial charge in [0.05, 0.1) is 35.8 Å². The fourth-order valence-electron chi connectivity index (χ4n) is 7.03. The predicted octanol–water partition coefficient (Wildman–Crippen LogP) is 4.19. The molecule has 5 atom stereocenters. The molecule has 1 N–H and O–H groups in total. The van der Waals surface area contributed by atoms with E-state index in [2.05, 4.69) is 9.71 Å². The molecule has 3 fully saturated rings. The summed E-state index contributed by atoms with van der Waals surface area (Å²) >= 11 is 0. The van der Waals surface area contributed by atoms with Crippen LogP contribution < -0.4 is 18.9 Å². The van der Waals surface area contributed by atoms with Crippen LogP contribution in [0.2, 0.25) is 0 Å². The lowest BCUT2D eigenvalue weighted by molar-refractivity contribution is -0.140. The zero-order chi connectivity index (χ0) is 32.6. The standard InChI is InChI=1S/C34H43N3O8S/c1-4-44-31-18-30(25-13-10-22(43-3)17-28(25)35-31)45-23-15-26-27(16-23)32(39)37(2)14-8-6-5-7-9-21-19-34(21,20-29(26)38)33(40)36-46(41,42)24-11-12-24/h7,9-10,13,17-18,21,23-24,26-27H,4-6,8,11-12,14-16,19-20H2,1-3H3,(H,36,40)/b9-7-/t21-,23+,26+,27+,34+/m0/s1. The third-order valence-corrected chi connectivity index (χ3v) is 11.7. The molecule has 0 radical (unpaired) electrons. The number of Topliss-reactive ketones (excluding diaryl/α,β-unsaturated/α-hetero) is 1. The number of carbonyl (C=O) groups excluding carboxylic acids is 3. The number of ketones is 1. The summed E-state index contributed by atoms with van der Waals surface area (Å²) in [7, 11) is -0.419. The maximum atomic E-state index is 14.2. The van der Waals surface area contributed by atoms with Crippen molar-refractivity contribution < 1.29 is 37.0 Å². The summed E-state index contributed by atoms with van der Waals surface area (Å²) in [5.41, 5.74) is -0.504. The average Bonchev–Trinajstić information content (AvgIpc) is 3.95. The van der Waals surface area contributed by atoms with Crippen molar-refractivity contribution in [2.24, 2.45) is 23.2 Å². The van der Waals surface area contributed by atoms with Crippen LogP contribution in [-0.4, -0.2) is 74.6 Å². The summed E-state index contributed by atoms with van der Waals surface area (Å²) in [6.45, 7) is 2.87. The predicted molar refractivity (Wildman–Crippen MR) is 171 cm³/mol. The first-order chi connectivity index (χ1) is 22.0. The summed E-state index contributed by atoms with van der Waals surface area (Å²) in [5.74, 6) is -0.872. The van der Waals surface area contributed by atoms with E-state index < -0.39 is 44.5 Å². The topological polar surface area (TPSA) is 141 Å². The summed E-state index contributed by atoms with van der Waals surface area (Å²) in [6, 6.07) is 7.21. The van der Waals surface area contributed by atoms with Gasteiger partial charge < -0.3 is 19.1 Å². The Morgan fingerprint density at radius 3 is 2.65 bits per heavy atom. The Labute approximate surface area is 270 Å². The van der Waals surface area contributed by atoms with Crippen LogP contribution in [-0.2, 0) is 24.4 Å². The number of allylic oxidation sites excluding steroid dienone is 2. The maximum Gasteiger partial charge on any atom is 0.240 e. The second kappa shape index (κ2) is 12.8. The molecular formula is C34H43N3O8S. The molecule has 3 saturated carbocycles. The van der Waals surface area contributed by atoms with Crippen LogP contribution in [0.3, 0.4) is 0 Å². The molecule has 2 amide bonds. The molecule has 2 aromatic rings. The van der Waals surface area contributed by atoms with E-state index in [-0.39, 0.29) is 24.0 Å². The van der Waals surface area contributed by atoms with E-state index in [0.29, 0.717) is 68.2 Å². The van der Waals surface area contributed by atoms with E-state index in [9.17, 15) is 22.8 Å². The Morgan fingerprint density at radius 1 is 1.13 bits per heavy atom. The number of nitrogens with one attached hydrogen (secondary N) is 1. The first-order valence-corrected chi connectivity index (χ1v) is 17.9. The number of ether oxygens (including phenoxy) is 3. The first kappa shape index (κ1) is 32.3. The molecular weight excluding hydrogens is 610 g/mol. The Bertz CT molecular complexity index is 1650. The van der Waals surface area contributed by atoms with Crippen molar-refractivity contribution in [2.45, 2.75) is 76.1 Å². The highest BCUT2D eigenvalue weighted by Gasteiger charge is 2.61. The van der Waals surface area contributed by atoms with Crippen molar-refractivity contribution in [1.29, 1.82) is 0 Å². The zero-order valence-electron chi connectivity index (χ0n) is 26.7. The third kappa shape index (κ3) is 6.59.